The Kier molecular flexibility index (Phi) is 3.44. The summed E-state index contributed by atoms with van der Waals surface area (Å²) < 4.78 is 0. The molecule has 0 aliphatic rings. The number of aryl methyl sites for hydroxylation is 2. The van der Waals surface area contributed by atoms with E-state index in [0.29, 0.717) is 0 Å². The maximum atomic E-state index is 10.8. The first-order valence-corrected chi connectivity index (χ1v) is 5.32. The Morgan fingerprint density at radius 3 is 2.69 bits per heavy atom. The zero-order valence-corrected chi connectivity index (χ0v) is 8.97. The highest BCUT2D eigenvalue weighted by molar-refractivity contribution is 5.77. The van der Waals surface area contributed by atoms with Gasteiger partial charge in [0.15, 0.2) is 0 Å². The third-order valence-electron chi connectivity index (χ3n) is 2.59. The molecule has 0 spiro atoms. The van der Waals surface area contributed by atoms with Crippen molar-refractivity contribution in [3.05, 3.63) is 65.5 Å². The van der Waals surface area contributed by atoms with E-state index >= 15 is 0 Å². The molecular weight excluding hydrogens is 198 g/mol. The molecule has 0 saturated carbocycles. The molecule has 0 bridgehead atoms. The summed E-state index contributed by atoms with van der Waals surface area (Å²) in [7, 11) is 0. The normalized spacial score (nSPS) is 10.0. The number of rotatable bonds is 4. The second kappa shape index (κ2) is 5.21. The first-order chi connectivity index (χ1) is 7.90. The summed E-state index contributed by atoms with van der Waals surface area (Å²) in [5.41, 5.74) is 3.08. The molecule has 1 aromatic carbocycles. The predicted octanol–water partition coefficient (Wildman–Crippen LogP) is 2.68. The van der Waals surface area contributed by atoms with Gasteiger partial charge in [-0.2, -0.15) is 0 Å². The van der Waals surface area contributed by atoms with Crippen molar-refractivity contribution in [1.29, 1.82) is 0 Å². The lowest BCUT2D eigenvalue weighted by molar-refractivity contribution is 0.112. The van der Waals surface area contributed by atoms with E-state index in [1.54, 1.807) is 6.20 Å². The number of carbonyl (C=O) groups is 1. The lowest BCUT2D eigenvalue weighted by Crippen LogP contribution is -1.96. The van der Waals surface area contributed by atoms with E-state index in [9.17, 15) is 4.79 Å². The smallest absolute Gasteiger partial charge is 0.150 e. The van der Waals surface area contributed by atoms with Crippen molar-refractivity contribution < 1.29 is 4.79 Å². The molecule has 0 amide bonds. The largest absolute Gasteiger partial charge is 0.298 e. The van der Waals surface area contributed by atoms with Crippen LogP contribution in [0.15, 0.2) is 48.8 Å². The number of carbonyl (C=O) groups excluding carboxylic acids is 1. The summed E-state index contributed by atoms with van der Waals surface area (Å²) >= 11 is 0. The number of nitrogens with zero attached hydrogens (tertiary/aromatic N) is 1. The van der Waals surface area contributed by atoms with Gasteiger partial charge in [0.2, 0.25) is 0 Å². The van der Waals surface area contributed by atoms with Crippen molar-refractivity contribution in [2.45, 2.75) is 12.8 Å². The molecule has 80 valence electrons. The van der Waals surface area contributed by atoms with Gasteiger partial charge in [-0.05, 0) is 30.0 Å². The number of benzene rings is 1. The zero-order chi connectivity index (χ0) is 11.2. The summed E-state index contributed by atoms with van der Waals surface area (Å²) in [5.74, 6) is 0. The molecule has 0 aliphatic heterocycles. The monoisotopic (exact) mass is 211 g/mol. The summed E-state index contributed by atoms with van der Waals surface area (Å²) in [6.07, 6.45) is 6.34. The molecule has 2 nitrogen and oxygen atoms in total. The van der Waals surface area contributed by atoms with Crippen molar-refractivity contribution in [3.63, 3.8) is 0 Å². The van der Waals surface area contributed by atoms with Gasteiger partial charge in [0, 0.05) is 18.0 Å². The first kappa shape index (κ1) is 10.6. The van der Waals surface area contributed by atoms with Gasteiger partial charge in [-0.1, -0.05) is 30.3 Å². The SMILES string of the molecule is O=Cc1ccccc1CCc1cccnc1. The number of aromatic nitrogens is 1. The van der Waals surface area contributed by atoms with Crippen LogP contribution in [0.1, 0.15) is 21.5 Å². The van der Waals surface area contributed by atoms with E-state index in [4.69, 9.17) is 0 Å². The van der Waals surface area contributed by atoms with Crippen molar-refractivity contribution >= 4 is 6.29 Å². The zero-order valence-electron chi connectivity index (χ0n) is 8.97. The highest BCUT2D eigenvalue weighted by Gasteiger charge is 2.00. The summed E-state index contributed by atoms with van der Waals surface area (Å²) in [4.78, 5) is 14.9. The van der Waals surface area contributed by atoms with Gasteiger partial charge in [-0.3, -0.25) is 9.78 Å². The van der Waals surface area contributed by atoms with Crippen LogP contribution in [0.4, 0.5) is 0 Å². The van der Waals surface area contributed by atoms with E-state index in [-0.39, 0.29) is 0 Å². The van der Waals surface area contributed by atoms with Crippen LogP contribution in [0.5, 0.6) is 0 Å². The van der Waals surface area contributed by atoms with Crippen LogP contribution in [0.25, 0.3) is 0 Å². The summed E-state index contributed by atoms with van der Waals surface area (Å²) in [6, 6.07) is 11.7. The van der Waals surface area contributed by atoms with Crippen LogP contribution < -0.4 is 0 Å². The summed E-state index contributed by atoms with van der Waals surface area (Å²) in [6.45, 7) is 0. The molecule has 0 saturated heterocycles. The maximum absolute atomic E-state index is 10.8. The molecule has 0 atom stereocenters. The van der Waals surface area contributed by atoms with E-state index in [1.807, 2.05) is 36.5 Å². The number of aldehydes is 1. The highest BCUT2D eigenvalue weighted by atomic mass is 16.1. The fourth-order valence-corrected chi connectivity index (χ4v) is 1.70. The van der Waals surface area contributed by atoms with Gasteiger partial charge >= 0.3 is 0 Å². The number of hydrogen-bond acceptors (Lipinski definition) is 2. The standard InChI is InChI=1S/C14H13NO/c16-11-14-6-2-1-5-13(14)8-7-12-4-3-9-15-10-12/h1-6,9-11H,7-8H2. The fraction of sp³-hybridized carbons (Fsp3) is 0.143. The van der Waals surface area contributed by atoms with Crippen LogP contribution in [0.2, 0.25) is 0 Å². The van der Waals surface area contributed by atoms with Gasteiger partial charge in [-0.25, -0.2) is 0 Å². The minimum atomic E-state index is 0.784. The quantitative estimate of drug-likeness (QED) is 0.728. The molecule has 1 aromatic heterocycles. The van der Waals surface area contributed by atoms with E-state index < -0.39 is 0 Å². The van der Waals surface area contributed by atoms with E-state index in [0.717, 1.165) is 30.3 Å². The Morgan fingerprint density at radius 2 is 1.94 bits per heavy atom. The topological polar surface area (TPSA) is 30.0 Å². The minimum Gasteiger partial charge on any atom is -0.298 e. The van der Waals surface area contributed by atoms with Crippen molar-refractivity contribution in [1.82, 2.24) is 4.98 Å². The lowest BCUT2D eigenvalue weighted by atomic mass is 10.0. The Balaban J connectivity index is 2.08. The molecular formula is C14H13NO. The molecule has 2 heteroatoms. The first-order valence-electron chi connectivity index (χ1n) is 5.32. The van der Waals surface area contributed by atoms with Crippen molar-refractivity contribution in [3.8, 4) is 0 Å². The molecule has 2 rings (SSSR count). The molecule has 0 N–H and O–H groups in total. The molecule has 0 radical (unpaired) electrons. The van der Waals surface area contributed by atoms with Crippen molar-refractivity contribution in [2.75, 3.05) is 0 Å². The van der Waals surface area contributed by atoms with Crippen LogP contribution in [0, 0.1) is 0 Å². The van der Waals surface area contributed by atoms with Crippen LogP contribution in [0.3, 0.4) is 0 Å². The summed E-state index contributed by atoms with van der Waals surface area (Å²) in [5, 5.41) is 0. The van der Waals surface area contributed by atoms with Gasteiger partial charge in [-0.15, -0.1) is 0 Å². The molecule has 1 heterocycles. The van der Waals surface area contributed by atoms with Crippen LogP contribution >= 0.6 is 0 Å². The molecule has 2 aromatic rings. The molecule has 0 aliphatic carbocycles. The second-order valence-corrected chi connectivity index (χ2v) is 3.68. The lowest BCUT2D eigenvalue weighted by Gasteiger charge is -2.04. The number of hydrogen-bond donors (Lipinski definition) is 0. The molecule has 16 heavy (non-hydrogen) atoms. The van der Waals surface area contributed by atoms with Gasteiger partial charge in [0.25, 0.3) is 0 Å². The van der Waals surface area contributed by atoms with E-state index in [2.05, 4.69) is 11.1 Å². The van der Waals surface area contributed by atoms with Crippen LogP contribution in [-0.4, -0.2) is 11.3 Å². The fourth-order valence-electron chi connectivity index (χ4n) is 1.70. The Labute approximate surface area is 95.0 Å². The third-order valence-corrected chi connectivity index (χ3v) is 2.59. The Bertz CT molecular complexity index is 465. The number of pyridine rings is 1. The molecule has 0 unspecified atom stereocenters. The Hall–Kier alpha value is -1.96. The van der Waals surface area contributed by atoms with Crippen molar-refractivity contribution in [2.24, 2.45) is 0 Å². The second-order valence-electron chi connectivity index (χ2n) is 3.68. The highest BCUT2D eigenvalue weighted by Crippen LogP contribution is 2.10. The van der Waals surface area contributed by atoms with Gasteiger partial charge in [0.1, 0.15) is 6.29 Å². The van der Waals surface area contributed by atoms with Gasteiger partial charge in [0.05, 0.1) is 0 Å². The third kappa shape index (κ3) is 2.54. The van der Waals surface area contributed by atoms with Gasteiger partial charge < -0.3 is 0 Å². The van der Waals surface area contributed by atoms with E-state index in [1.165, 1.54) is 5.56 Å². The minimum absolute atomic E-state index is 0.784. The maximum Gasteiger partial charge on any atom is 0.150 e. The molecule has 0 fully saturated rings. The predicted molar refractivity (Wildman–Crippen MR) is 63.5 cm³/mol. The Morgan fingerprint density at radius 1 is 1.06 bits per heavy atom. The average molecular weight is 211 g/mol. The average Bonchev–Trinajstić information content (AvgIpc) is 2.38. The van der Waals surface area contributed by atoms with Crippen LogP contribution in [-0.2, 0) is 12.8 Å².